The molecule has 0 spiro atoms. The van der Waals surface area contributed by atoms with Gasteiger partial charge in [0.05, 0.1) is 18.1 Å². The Labute approximate surface area is 175 Å². The fourth-order valence-corrected chi connectivity index (χ4v) is 6.00. The molecule has 0 aromatic carbocycles. The first-order valence-electron chi connectivity index (χ1n) is 9.97. The minimum atomic E-state index is -1.07. The molecule has 8 heteroatoms. The number of aliphatic imine (C=N–C) groups is 1. The van der Waals surface area contributed by atoms with Crippen LogP contribution >= 0.6 is 11.8 Å². The number of aliphatic hydroxyl groups excluding tert-OH is 1. The molecule has 0 unspecified atom stereocenters. The van der Waals surface area contributed by atoms with Crippen LogP contribution in [0.2, 0.25) is 0 Å². The smallest absolute Gasteiger partial charge is 0.353 e. The van der Waals surface area contributed by atoms with Crippen LogP contribution in [0, 0.1) is 11.8 Å². The molecule has 0 aromatic heterocycles. The molecule has 158 valence electrons. The molecular weight excluding hydrogens is 390 g/mol. The van der Waals surface area contributed by atoms with Crippen LogP contribution in [0.3, 0.4) is 0 Å². The van der Waals surface area contributed by atoms with Crippen molar-refractivity contribution < 1.29 is 19.8 Å². The maximum absolute atomic E-state index is 12.4. The van der Waals surface area contributed by atoms with E-state index in [-0.39, 0.29) is 28.8 Å². The summed E-state index contributed by atoms with van der Waals surface area (Å²) in [6.07, 6.45) is 5.53. The van der Waals surface area contributed by atoms with Crippen LogP contribution in [0.5, 0.6) is 0 Å². The minimum Gasteiger partial charge on any atom is -0.477 e. The Bertz CT molecular complexity index is 789. The molecule has 1 amide bonds. The van der Waals surface area contributed by atoms with Gasteiger partial charge in [-0.3, -0.25) is 14.7 Å². The number of amides is 1. The lowest BCUT2D eigenvalue weighted by Gasteiger charge is -2.46. The lowest BCUT2D eigenvalue weighted by Crippen LogP contribution is -2.63. The number of hydrogen-bond acceptors (Lipinski definition) is 6. The van der Waals surface area contributed by atoms with E-state index in [1.165, 1.54) is 4.90 Å². The molecule has 0 radical (unpaired) electrons. The summed E-state index contributed by atoms with van der Waals surface area (Å²) < 4.78 is 0. The minimum absolute atomic E-state index is 0.0834. The molecule has 3 heterocycles. The number of aliphatic hydroxyl groups is 1. The standard InChI is InChI=1S/C21H29N3O4S/c1-5-14(9-22-6-2)10-23-8-7-15(11-23)29-19-12(3)17-16(13(4)25)20(26)24(17)18(19)21(27)28/h5-6,9,12-13,15-17,25H,1,7-8,10-11H2,2-4H3,(H,27,28)/b14-9+,22-6-/t12-,13-,15-,16-,17-/m1/s1. The fourth-order valence-electron chi connectivity index (χ4n) is 4.48. The Morgan fingerprint density at radius 2 is 2.21 bits per heavy atom. The molecule has 29 heavy (non-hydrogen) atoms. The van der Waals surface area contributed by atoms with Crippen LogP contribution in [-0.4, -0.2) is 75.1 Å². The molecule has 3 aliphatic rings. The number of carboxylic acid groups (broad SMARTS) is 1. The van der Waals surface area contributed by atoms with Crippen molar-refractivity contribution in [2.75, 3.05) is 19.6 Å². The lowest BCUT2D eigenvalue weighted by atomic mass is 9.79. The van der Waals surface area contributed by atoms with Gasteiger partial charge in [-0.15, -0.1) is 11.8 Å². The highest BCUT2D eigenvalue weighted by molar-refractivity contribution is 8.03. The second kappa shape index (κ2) is 8.85. The first kappa shape index (κ1) is 21.8. The van der Waals surface area contributed by atoms with Gasteiger partial charge in [0.15, 0.2) is 0 Å². The molecule has 0 bridgehead atoms. The zero-order valence-corrected chi connectivity index (χ0v) is 17.9. The van der Waals surface area contributed by atoms with Crippen LogP contribution in [0.25, 0.3) is 0 Å². The van der Waals surface area contributed by atoms with Crippen molar-refractivity contribution in [3.8, 4) is 0 Å². The van der Waals surface area contributed by atoms with E-state index in [1.54, 1.807) is 24.9 Å². The predicted molar refractivity (Wildman–Crippen MR) is 115 cm³/mol. The summed E-state index contributed by atoms with van der Waals surface area (Å²) in [5, 5.41) is 20.0. The quantitative estimate of drug-likeness (QED) is 0.356. The first-order chi connectivity index (χ1) is 13.8. The van der Waals surface area contributed by atoms with E-state index in [9.17, 15) is 19.8 Å². The molecule has 5 atom stereocenters. The topological polar surface area (TPSA) is 93.4 Å². The predicted octanol–water partition coefficient (Wildman–Crippen LogP) is 2.11. The summed E-state index contributed by atoms with van der Waals surface area (Å²) in [6, 6.07) is -0.254. The van der Waals surface area contributed by atoms with E-state index < -0.39 is 18.0 Å². The Hall–Kier alpha value is -1.90. The van der Waals surface area contributed by atoms with E-state index in [2.05, 4.69) is 16.5 Å². The van der Waals surface area contributed by atoms with Crippen LogP contribution < -0.4 is 0 Å². The van der Waals surface area contributed by atoms with Gasteiger partial charge in [0.25, 0.3) is 0 Å². The van der Waals surface area contributed by atoms with Crippen LogP contribution in [0.1, 0.15) is 27.2 Å². The van der Waals surface area contributed by atoms with Crippen LogP contribution in [0.4, 0.5) is 0 Å². The lowest BCUT2D eigenvalue weighted by molar-refractivity contribution is -0.163. The number of thioether (sulfide) groups is 1. The van der Waals surface area contributed by atoms with Crippen molar-refractivity contribution in [2.24, 2.45) is 16.8 Å². The molecule has 7 nitrogen and oxygen atoms in total. The molecule has 0 saturated carbocycles. The second-order valence-electron chi connectivity index (χ2n) is 7.85. The van der Waals surface area contributed by atoms with E-state index in [1.807, 2.05) is 26.1 Å². The number of carbonyl (C=O) groups excluding carboxylic acids is 1. The molecule has 3 rings (SSSR count). The van der Waals surface area contributed by atoms with E-state index in [0.717, 1.165) is 36.5 Å². The Kier molecular flexibility index (Phi) is 6.65. The number of nitrogens with zero attached hydrogens (tertiary/aromatic N) is 3. The number of β-lactam (4-membered cyclic amide) rings is 1. The van der Waals surface area contributed by atoms with E-state index in [4.69, 9.17) is 0 Å². The Morgan fingerprint density at radius 3 is 2.79 bits per heavy atom. The highest BCUT2D eigenvalue weighted by Crippen LogP contribution is 2.51. The summed E-state index contributed by atoms with van der Waals surface area (Å²) in [4.78, 5) is 33.0. The van der Waals surface area contributed by atoms with Crippen LogP contribution in [-0.2, 0) is 9.59 Å². The number of likely N-dealkylation sites (tertiary alicyclic amines) is 1. The first-order valence-corrected chi connectivity index (χ1v) is 10.8. The van der Waals surface area contributed by atoms with E-state index in [0.29, 0.717) is 0 Å². The average molecular weight is 420 g/mol. The molecule has 0 aliphatic carbocycles. The highest BCUT2D eigenvalue weighted by Gasteiger charge is 2.60. The van der Waals surface area contributed by atoms with Crippen molar-refractivity contribution in [1.29, 1.82) is 0 Å². The number of fused-ring (bicyclic) bond motifs is 1. The second-order valence-corrected chi connectivity index (χ2v) is 9.19. The Balaban J connectivity index is 1.71. The van der Waals surface area contributed by atoms with Gasteiger partial charge in [0.2, 0.25) is 5.91 Å². The summed E-state index contributed by atoms with van der Waals surface area (Å²) in [5.74, 6) is -1.95. The molecule has 2 N–H and O–H groups in total. The third-order valence-corrected chi connectivity index (χ3v) is 7.43. The monoisotopic (exact) mass is 419 g/mol. The van der Waals surface area contributed by atoms with E-state index >= 15 is 0 Å². The number of rotatable bonds is 8. The number of carboxylic acids is 1. The highest BCUT2D eigenvalue weighted by atomic mass is 32.2. The van der Waals surface area contributed by atoms with Gasteiger partial charge in [-0.25, -0.2) is 4.79 Å². The van der Waals surface area contributed by atoms with Gasteiger partial charge in [-0.1, -0.05) is 19.6 Å². The van der Waals surface area contributed by atoms with Gasteiger partial charge < -0.3 is 15.1 Å². The third kappa shape index (κ3) is 4.06. The van der Waals surface area contributed by atoms with Gasteiger partial charge in [-0.05, 0) is 32.4 Å². The summed E-state index contributed by atoms with van der Waals surface area (Å²) in [5.41, 5.74) is 1.15. The average Bonchev–Trinajstić information content (AvgIpc) is 3.20. The zero-order chi connectivity index (χ0) is 21.3. The largest absolute Gasteiger partial charge is 0.477 e. The molecule has 3 aliphatic heterocycles. The normalized spacial score (nSPS) is 31.4. The maximum Gasteiger partial charge on any atom is 0.353 e. The van der Waals surface area contributed by atoms with Gasteiger partial charge >= 0.3 is 5.97 Å². The summed E-state index contributed by atoms with van der Waals surface area (Å²) in [6.45, 7) is 11.8. The summed E-state index contributed by atoms with van der Waals surface area (Å²) in [7, 11) is 0. The summed E-state index contributed by atoms with van der Waals surface area (Å²) >= 11 is 1.59. The van der Waals surface area contributed by atoms with Crippen molar-refractivity contribution in [1.82, 2.24) is 9.80 Å². The molecule has 0 aromatic rings. The van der Waals surface area contributed by atoms with Gasteiger partial charge in [-0.2, -0.15) is 0 Å². The molecule has 2 saturated heterocycles. The fraction of sp³-hybridized carbons (Fsp3) is 0.571. The zero-order valence-electron chi connectivity index (χ0n) is 17.1. The number of aliphatic carboxylic acids is 1. The molecule has 2 fully saturated rings. The van der Waals surface area contributed by atoms with Gasteiger partial charge in [0, 0.05) is 41.6 Å². The van der Waals surface area contributed by atoms with Crippen molar-refractivity contribution in [2.45, 2.75) is 44.6 Å². The Morgan fingerprint density at radius 1 is 1.48 bits per heavy atom. The molecular formula is C21H29N3O4S. The number of carbonyl (C=O) groups is 2. The van der Waals surface area contributed by atoms with Gasteiger partial charge in [0.1, 0.15) is 5.70 Å². The third-order valence-electron chi connectivity index (χ3n) is 5.89. The van der Waals surface area contributed by atoms with Crippen molar-refractivity contribution in [3.63, 3.8) is 0 Å². The maximum atomic E-state index is 12.4. The van der Waals surface area contributed by atoms with Crippen LogP contribution in [0.15, 0.2) is 40.0 Å². The van der Waals surface area contributed by atoms with Crippen molar-refractivity contribution >= 4 is 29.9 Å². The van der Waals surface area contributed by atoms with Crippen molar-refractivity contribution in [3.05, 3.63) is 35.0 Å². The SMILES string of the molecule is C=C/C(=C\N=C/C)CN1CC[C@@H](SC2=C(C(=O)O)N3C(=O)[C@H]([C@@H](C)O)[C@H]3[C@H]2C)C1. The number of hydrogen-bond donors (Lipinski definition) is 2.